The molecule has 1 N–H and O–H groups in total. The van der Waals surface area contributed by atoms with Gasteiger partial charge in [0.2, 0.25) is 0 Å². The molecule has 1 aliphatic rings. The molecule has 4 nitrogen and oxygen atoms in total. The second-order valence-corrected chi connectivity index (χ2v) is 7.92. The maximum absolute atomic E-state index is 13.0. The summed E-state index contributed by atoms with van der Waals surface area (Å²) >= 11 is 9.41. The second kappa shape index (κ2) is 7.85. The van der Waals surface area contributed by atoms with Gasteiger partial charge in [0, 0.05) is 20.7 Å². The van der Waals surface area contributed by atoms with E-state index in [4.69, 9.17) is 11.6 Å². The van der Waals surface area contributed by atoms with Crippen LogP contribution in [0, 0.1) is 0 Å². The smallest absolute Gasteiger partial charge is 0.300 e. The maximum Gasteiger partial charge on any atom is 0.300 e. The highest BCUT2D eigenvalue weighted by Crippen LogP contribution is 2.42. The number of Topliss-reactive ketones (excluding diaryl/α,β-unsaturated/α-hetero) is 1. The molecule has 29 heavy (non-hydrogen) atoms. The maximum atomic E-state index is 13.0. The van der Waals surface area contributed by atoms with Crippen molar-refractivity contribution >= 4 is 50.7 Å². The Morgan fingerprint density at radius 2 is 1.52 bits per heavy atom. The summed E-state index contributed by atoms with van der Waals surface area (Å²) in [6.45, 7) is 0. The van der Waals surface area contributed by atoms with E-state index in [0.717, 1.165) is 4.47 Å². The number of carbonyl (C=O) groups excluding carboxylic acids is 2. The van der Waals surface area contributed by atoms with Crippen LogP contribution in [0.4, 0.5) is 5.69 Å². The zero-order valence-corrected chi connectivity index (χ0v) is 17.4. The predicted molar refractivity (Wildman–Crippen MR) is 117 cm³/mol. The number of amides is 1. The third-order valence-corrected chi connectivity index (χ3v) is 5.56. The zero-order chi connectivity index (χ0) is 20.5. The summed E-state index contributed by atoms with van der Waals surface area (Å²) < 4.78 is 0.852. The molecule has 3 aromatic carbocycles. The van der Waals surface area contributed by atoms with Crippen molar-refractivity contribution in [3.63, 3.8) is 0 Å². The van der Waals surface area contributed by atoms with Crippen molar-refractivity contribution in [3.05, 3.63) is 105 Å². The second-order valence-electron chi connectivity index (χ2n) is 6.56. The number of hydrogen-bond donors (Lipinski definition) is 1. The average Bonchev–Trinajstić information content (AvgIpc) is 3.00. The van der Waals surface area contributed by atoms with Crippen molar-refractivity contribution < 1.29 is 14.7 Å². The Kier molecular flexibility index (Phi) is 5.26. The van der Waals surface area contributed by atoms with Crippen molar-refractivity contribution in [2.45, 2.75) is 6.04 Å². The molecule has 0 bridgehead atoms. The van der Waals surface area contributed by atoms with Gasteiger partial charge in [0.1, 0.15) is 5.76 Å². The Labute approximate surface area is 181 Å². The Bertz CT molecular complexity index is 1110. The van der Waals surface area contributed by atoms with Gasteiger partial charge in [-0.25, -0.2) is 0 Å². The SMILES string of the molecule is O=C1C(=O)N(c2ccc(Br)cc2)[C@H](c2ccc(Cl)cc2)C1=C(O)c1ccccc1. The molecule has 1 saturated heterocycles. The molecule has 1 amide bonds. The molecule has 4 rings (SSSR count). The normalized spacial score (nSPS) is 18.3. The van der Waals surface area contributed by atoms with Gasteiger partial charge in [0.05, 0.1) is 11.6 Å². The minimum atomic E-state index is -0.770. The third-order valence-electron chi connectivity index (χ3n) is 4.78. The van der Waals surface area contributed by atoms with E-state index in [-0.39, 0.29) is 11.3 Å². The van der Waals surface area contributed by atoms with Gasteiger partial charge < -0.3 is 5.11 Å². The van der Waals surface area contributed by atoms with Crippen LogP contribution in [-0.2, 0) is 9.59 Å². The van der Waals surface area contributed by atoms with Crippen molar-refractivity contribution in [2.24, 2.45) is 0 Å². The lowest BCUT2D eigenvalue weighted by Gasteiger charge is -2.25. The summed E-state index contributed by atoms with van der Waals surface area (Å²) in [5.41, 5.74) is 1.75. The number of aliphatic hydroxyl groups excluding tert-OH is 1. The molecule has 0 unspecified atom stereocenters. The number of halogens is 2. The summed E-state index contributed by atoms with van der Waals surface area (Å²) in [5, 5.41) is 11.5. The van der Waals surface area contributed by atoms with Crippen LogP contribution in [0.1, 0.15) is 17.2 Å². The predicted octanol–water partition coefficient (Wildman–Crippen LogP) is 5.73. The van der Waals surface area contributed by atoms with Gasteiger partial charge >= 0.3 is 0 Å². The molecule has 0 radical (unpaired) electrons. The molecule has 3 aromatic rings. The van der Waals surface area contributed by atoms with Crippen LogP contribution in [0.15, 0.2) is 88.9 Å². The molecular weight excluding hydrogens is 454 g/mol. The Morgan fingerprint density at radius 1 is 0.897 bits per heavy atom. The fraction of sp³-hybridized carbons (Fsp3) is 0.0435. The lowest BCUT2D eigenvalue weighted by atomic mass is 9.95. The number of ketones is 1. The highest BCUT2D eigenvalue weighted by molar-refractivity contribution is 9.10. The molecule has 0 aliphatic carbocycles. The summed E-state index contributed by atoms with van der Waals surface area (Å²) in [6.07, 6.45) is 0. The Hall–Kier alpha value is -2.89. The van der Waals surface area contributed by atoms with Crippen LogP contribution in [0.5, 0.6) is 0 Å². The van der Waals surface area contributed by atoms with Gasteiger partial charge in [0.25, 0.3) is 11.7 Å². The number of nitrogens with zero attached hydrogens (tertiary/aromatic N) is 1. The lowest BCUT2D eigenvalue weighted by molar-refractivity contribution is -0.132. The van der Waals surface area contributed by atoms with Gasteiger partial charge in [0.15, 0.2) is 0 Å². The standard InChI is InChI=1S/C23H15BrClNO3/c24-16-8-12-18(13-9-16)26-20(14-6-10-17(25)11-7-14)19(22(28)23(26)29)21(27)15-4-2-1-3-5-15/h1-13,20,27H/t20-/m1/s1. The number of benzene rings is 3. The van der Waals surface area contributed by atoms with Crippen LogP contribution in [0.25, 0.3) is 5.76 Å². The van der Waals surface area contributed by atoms with Gasteiger partial charge in [-0.2, -0.15) is 0 Å². The van der Waals surface area contributed by atoms with Crippen molar-refractivity contribution in [3.8, 4) is 0 Å². The Morgan fingerprint density at radius 3 is 2.14 bits per heavy atom. The van der Waals surface area contributed by atoms with Crippen molar-refractivity contribution in [1.82, 2.24) is 0 Å². The summed E-state index contributed by atoms with van der Waals surface area (Å²) in [7, 11) is 0. The molecule has 0 spiro atoms. The number of anilines is 1. The van der Waals surface area contributed by atoms with Crippen LogP contribution in [0.2, 0.25) is 5.02 Å². The van der Waals surface area contributed by atoms with E-state index in [1.165, 1.54) is 4.90 Å². The van der Waals surface area contributed by atoms with E-state index in [2.05, 4.69) is 15.9 Å². The summed E-state index contributed by atoms with van der Waals surface area (Å²) in [4.78, 5) is 27.4. The minimum absolute atomic E-state index is 0.0476. The van der Waals surface area contributed by atoms with Crippen LogP contribution < -0.4 is 4.90 Å². The van der Waals surface area contributed by atoms with Crippen LogP contribution in [-0.4, -0.2) is 16.8 Å². The lowest BCUT2D eigenvalue weighted by Crippen LogP contribution is -2.29. The molecule has 1 atom stereocenters. The number of aliphatic hydroxyl groups is 1. The number of rotatable bonds is 3. The summed E-state index contributed by atoms with van der Waals surface area (Å²) in [6, 6.07) is 21.9. The molecule has 1 fully saturated rings. The average molecular weight is 469 g/mol. The van der Waals surface area contributed by atoms with Gasteiger partial charge in [-0.1, -0.05) is 70.0 Å². The number of carbonyl (C=O) groups is 2. The first-order valence-electron chi connectivity index (χ1n) is 8.85. The first-order valence-corrected chi connectivity index (χ1v) is 10.0. The van der Waals surface area contributed by atoms with E-state index in [0.29, 0.717) is 21.8 Å². The highest BCUT2D eigenvalue weighted by atomic mass is 79.9. The molecule has 0 saturated carbocycles. The molecule has 0 aromatic heterocycles. The quantitative estimate of drug-likeness (QED) is 0.303. The molecule has 144 valence electrons. The largest absolute Gasteiger partial charge is 0.507 e. The highest BCUT2D eigenvalue weighted by Gasteiger charge is 2.46. The fourth-order valence-electron chi connectivity index (χ4n) is 3.41. The minimum Gasteiger partial charge on any atom is -0.507 e. The van der Waals surface area contributed by atoms with E-state index < -0.39 is 17.7 Å². The van der Waals surface area contributed by atoms with Crippen LogP contribution >= 0.6 is 27.5 Å². The monoisotopic (exact) mass is 467 g/mol. The van der Waals surface area contributed by atoms with E-state index in [9.17, 15) is 14.7 Å². The van der Waals surface area contributed by atoms with Gasteiger partial charge in [-0.15, -0.1) is 0 Å². The van der Waals surface area contributed by atoms with E-state index in [1.807, 2.05) is 6.07 Å². The molecule has 6 heteroatoms. The molecule has 1 aliphatic heterocycles. The first kappa shape index (κ1) is 19.4. The van der Waals surface area contributed by atoms with Gasteiger partial charge in [-0.05, 0) is 42.0 Å². The fourth-order valence-corrected chi connectivity index (χ4v) is 3.80. The van der Waals surface area contributed by atoms with Gasteiger partial charge in [-0.3, -0.25) is 14.5 Å². The number of hydrogen-bond acceptors (Lipinski definition) is 3. The van der Waals surface area contributed by atoms with E-state index >= 15 is 0 Å². The summed E-state index contributed by atoms with van der Waals surface area (Å²) in [5.74, 6) is -1.62. The van der Waals surface area contributed by atoms with Crippen molar-refractivity contribution in [1.29, 1.82) is 0 Å². The van der Waals surface area contributed by atoms with E-state index in [1.54, 1.807) is 72.8 Å². The third kappa shape index (κ3) is 3.59. The topological polar surface area (TPSA) is 57.6 Å². The molecule has 1 heterocycles. The molecular formula is C23H15BrClNO3. The zero-order valence-electron chi connectivity index (χ0n) is 15.0. The van der Waals surface area contributed by atoms with Crippen molar-refractivity contribution in [2.75, 3.05) is 4.90 Å². The Balaban J connectivity index is 1.94. The first-order chi connectivity index (χ1) is 14.0. The van der Waals surface area contributed by atoms with Crippen LogP contribution in [0.3, 0.4) is 0 Å².